The number of benzene rings is 1. The number of carbonyl (C=O) groups excluding carboxylic acids is 1. The molecule has 1 aromatic carbocycles. The number of amides is 1. The van der Waals surface area contributed by atoms with Gasteiger partial charge in [-0.15, -0.1) is 0 Å². The van der Waals surface area contributed by atoms with Crippen LogP contribution in [-0.4, -0.2) is 39.5 Å². The highest BCUT2D eigenvalue weighted by Gasteiger charge is 2.26. The largest absolute Gasteiger partial charge is 0.324 e. The Hall–Kier alpha value is -3.19. The zero-order chi connectivity index (χ0) is 18.8. The lowest BCUT2D eigenvalue weighted by Crippen LogP contribution is -2.36. The highest BCUT2D eigenvalue weighted by Crippen LogP contribution is 2.25. The van der Waals surface area contributed by atoms with Crippen molar-refractivity contribution < 1.29 is 4.79 Å². The quantitative estimate of drug-likeness (QED) is 0.746. The summed E-state index contributed by atoms with van der Waals surface area (Å²) in [4.78, 5) is 25.0. The fourth-order valence-electron chi connectivity index (χ4n) is 2.91. The first-order valence-electron chi connectivity index (χ1n) is 8.46. The molecule has 1 N–H and O–H groups in total. The number of rotatable bonds is 4. The molecule has 27 heavy (non-hydrogen) atoms. The number of anilines is 3. The highest BCUT2D eigenvalue weighted by atomic mass is 35.5. The van der Waals surface area contributed by atoms with Crippen molar-refractivity contribution in [3.05, 3.63) is 59.9 Å². The second-order valence-electron chi connectivity index (χ2n) is 6.09. The van der Waals surface area contributed by atoms with Crippen LogP contribution in [0.5, 0.6) is 0 Å². The first-order chi connectivity index (χ1) is 13.1. The second-order valence-corrected chi connectivity index (χ2v) is 6.53. The number of pyridine rings is 1. The molecule has 3 heterocycles. The van der Waals surface area contributed by atoms with Gasteiger partial charge in [0.25, 0.3) is 0 Å². The van der Waals surface area contributed by atoms with Gasteiger partial charge in [-0.05, 0) is 36.4 Å². The predicted octanol–water partition coefficient (Wildman–Crippen LogP) is 3.52. The number of carbonyl (C=O) groups is 1. The van der Waals surface area contributed by atoms with Crippen LogP contribution in [0.2, 0.25) is 5.02 Å². The van der Waals surface area contributed by atoms with E-state index >= 15 is 0 Å². The summed E-state index contributed by atoms with van der Waals surface area (Å²) in [6, 6.07) is 13.0. The Kier molecular flexibility index (Phi) is 4.60. The normalized spacial score (nSPS) is 13.9. The van der Waals surface area contributed by atoms with Gasteiger partial charge in [-0.2, -0.15) is 0 Å². The third-order valence-electron chi connectivity index (χ3n) is 4.30. The summed E-state index contributed by atoms with van der Waals surface area (Å²) in [5, 5.41) is 7.24. The molecule has 1 fully saturated rings. The van der Waals surface area contributed by atoms with E-state index in [1.807, 2.05) is 47.5 Å². The van der Waals surface area contributed by atoms with Gasteiger partial charge in [0.1, 0.15) is 5.82 Å². The lowest BCUT2D eigenvalue weighted by atomic mass is 10.2. The minimum Gasteiger partial charge on any atom is -0.324 e. The van der Waals surface area contributed by atoms with Crippen LogP contribution < -0.4 is 10.3 Å². The molecule has 0 saturated carbocycles. The Balaban J connectivity index is 1.60. The molecular formula is C19H17ClN6O. The molecule has 8 heteroatoms. The van der Waals surface area contributed by atoms with E-state index in [9.17, 15) is 4.79 Å². The fraction of sp³-hybridized carbons (Fsp3) is 0.158. The van der Waals surface area contributed by atoms with E-state index in [-0.39, 0.29) is 5.91 Å². The Morgan fingerprint density at radius 2 is 1.96 bits per heavy atom. The van der Waals surface area contributed by atoms with Crippen LogP contribution >= 0.6 is 11.6 Å². The maximum Gasteiger partial charge on any atom is 0.242 e. The van der Waals surface area contributed by atoms with Crippen molar-refractivity contribution in [3.63, 3.8) is 0 Å². The number of hydrazine groups is 1. The van der Waals surface area contributed by atoms with Crippen molar-refractivity contribution in [1.82, 2.24) is 20.0 Å². The molecule has 0 aliphatic carbocycles. The van der Waals surface area contributed by atoms with Gasteiger partial charge in [0.2, 0.25) is 11.9 Å². The SMILES string of the molecule is CN1C(=O)CCN1c1cc(-c2ccnc(Nc3cccc(Cl)c3)n2)ccn1. The number of nitrogens with zero attached hydrogens (tertiary/aromatic N) is 5. The van der Waals surface area contributed by atoms with Crippen LogP contribution in [0.15, 0.2) is 54.9 Å². The summed E-state index contributed by atoms with van der Waals surface area (Å²) in [5.41, 5.74) is 2.46. The average molecular weight is 381 g/mol. The fourth-order valence-corrected chi connectivity index (χ4v) is 3.10. The first kappa shape index (κ1) is 17.2. The Labute approximate surface area is 161 Å². The molecule has 1 aliphatic heterocycles. The molecule has 1 aliphatic rings. The van der Waals surface area contributed by atoms with Gasteiger partial charge in [-0.25, -0.2) is 15.0 Å². The molecule has 0 atom stereocenters. The van der Waals surface area contributed by atoms with Gasteiger partial charge < -0.3 is 5.32 Å². The molecule has 1 amide bonds. The van der Waals surface area contributed by atoms with Crippen LogP contribution in [0.3, 0.4) is 0 Å². The zero-order valence-corrected chi connectivity index (χ0v) is 15.4. The molecule has 0 unspecified atom stereocenters. The molecule has 7 nitrogen and oxygen atoms in total. The summed E-state index contributed by atoms with van der Waals surface area (Å²) < 4.78 is 0. The smallest absolute Gasteiger partial charge is 0.242 e. The van der Waals surface area contributed by atoms with E-state index in [4.69, 9.17) is 11.6 Å². The maximum atomic E-state index is 11.8. The lowest BCUT2D eigenvalue weighted by molar-refractivity contribution is -0.126. The molecule has 136 valence electrons. The van der Waals surface area contributed by atoms with E-state index in [1.54, 1.807) is 24.5 Å². The molecule has 0 radical (unpaired) electrons. The van der Waals surface area contributed by atoms with Gasteiger partial charge in [-0.3, -0.25) is 14.8 Å². The van der Waals surface area contributed by atoms with Gasteiger partial charge >= 0.3 is 0 Å². The van der Waals surface area contributed by atoms with E-state index < -0.39 is 0 Å². The lowest BCUT2D eigenvalue weighted by Gasteiger charge is -2.25. The van der Waals surface area contributed by atoms with Crippen LogP contribution in [0.4, 0.5) is 17.5 Å². The monoisotopic (exact) mass is 380 g/mol. The molecule has 3 aromatic rings. The Morgan fingerprint density at radius 3 is 2.74 bits per heavy atom. The Morgan fingerprint density at radius 1 is 1.11 bits per heavy atom. The van der Waals surface area contributed by atoms with Crippen LogP contribution in [0.1, 0.15) is 6.42 Å². The van der Waals surface area contributed by atoms with Crippen LogP contribution in [-0.2, 0) is 4.79 Å². The number of nitrogens with one attached hydrogen (secondary N) is 1. The zero-order valence-electron chi connectivity index (χ0n) is 14.6. The summed E-state index contributed by atoms with van der Waals surface area (Å²) >= 11 is 6.02. The van der Waals surface area contributed by atoms with Crippen molar-refractivity contribution in [3.8, 4) is 11.3 Å². The third kappa shape index (κ3) is 3.68. The number of hydrogen-bond donors (Lipinski definition) is 1. The summed E-state index contributed by atoms with van der Waals surface area (Å²) in [6.07, 6.45) is 3.90. The molecule has 4 rings (SSSR count). The van der Waals surface area contributed by atoms with Gasteiger partial charge in [0.15, 0.2) is 0 Å². The summed E-state index contributed by atoms with van der Waals surface area (Å²) in [7, 11) is 1.75. The van der Waals surface area contributed by atoms with Gasteiger partial charge in [0, 0.05) is 42.1 Å². The van der Waals surface area contributed by atoms with E-state index in [0.717, 1.165) is 16.9 Å². The van der Waals surface area contributed by atoms with Crippen molar-refractivity contribution in [2.75, 3.05) is 23.9 Å². The first-order valence-corrected chi connectivity index (χ1v) is 8.84. The topological polar surface area (TPSA) is 74.2 Å². The summed E-state index contributed by atoms with van der Waals surface area (Å²) in [6.45, 7) is 0.622. The van der Waals surface area contributed by atoms with Gasteiger partial charge in [0.05, 0.1) is 12.2 Å². The average Bonchev–Trinajstić information content (AvgIpc) is 3.01. The minimum atomic E-state index is 0.0808. The molecular weight excluding hydrogens is 364 g/mol. The maximum absolute atomic E-state index is 11.8. The van der Waals surface area contributed by atoms with Crippen molar-refractivity contribution in [2.45, 2.75) is 6.42 Å². The highest BCUT2D eigenvalue weighted by molar-refractivity contribution is 6.30. The van der Waals surface area contributed by atoms with Crippen LogP contribution in [0.25, 0.3) is 11.3 Å². The summed E-state index contributed by atoms with van der Waals surface area (Å²) in [5.74, 6) is 1.27. The Bertz CT molecular complexity index is 995. The number of hydrogen-bond acceptors (Lipinski definition) is 6. The van der Waals surface area contributed by atoms with Crippen molar-refractivity contribution >= 4 is 35.0 Å². The predicted molar refractivity (Wildman–Crippen MR) is 105 cm³/mol. The third-order valence-corrected chi connectivity index (χ3v) is 4.54. The van der Waals surface area contributed by atoms with E-state index in [0.29, 0.717) is 29.8 Å². The van der Waals surface area contributed by atoms with Crippen LogP contribution in [0, 0.1) is 0 Å². The van der Waals surface area contributed by atoms with Crippen molar-refractivity contribution in [2.24, 2.45) is 0 Å². The molecule has 1 saturated heterocycles. The van der Waals surface area contributed by atoms with E-state index in [2.05, 4.69) is 20.3 Å². The molecule has 0 bridgehead atoms. The number of aromatic nitrogens is 3. The molecule has 0 spiro atoms. The van der Waals surface area contributed by atoms with E-state index in [1.165, 1.54) is 0 Å². The molecule has 2 aromatic heterocycles. The van der Waals surface area contributed by atoms with Crippen molar-refractivity contribution in [1.29, 1.82) is 0 Å². The second kappa shape index (κ2) is 7.20. The van der Waals surface area contributed by atoms with Gasteiger partial charge in [-0.1, -0.05) is 17.7 Å². The standard InChI is InChI=1S/C19H17ClN6O/c1-25-18(27)7-10-26(25)17-11-13(5-8-21-17)16-6-9-22-19(24-16)23-15-4-2-3-14(20)12-15/h2-6,8-9,11-12H,7,10H2,1H3,(H,22,23,24). The number of halogens is 1. The minimum absolute atomic E-state index is 0.0808.